The van der Waals surface area contributed by atoms with Gasteiger partial charge in [0.25, 0.3) is 5.91 Å². The van der Waals surface area contributed by atoms with Crippen molar-refractivity contribution in [1.82, 2.24) is 29.9 Å². The van der Waals surface area contributed by atoms with Crippen molar-refractivity contribution in [2.75, 3.05) is 32.3 Å². The van der Waals surface area contributed by atoms with Crippen molar-refractivity contribution < 1.29 is 32.3 Å². The van der Waals surface area contributed by atoms with Gasteiger partial charge in [-0.1, -0.05) is 50.6 Å². The Balaban J connectivity index is 0.000000187. The predicted octanol–water partition coefficient (Wildman–Crippen LogP) is 8.59. The molecule has 0 spiro atoms. The van der Waals surface area contributed by atoms with Crippen LogP contribution in [0.2, 0.25) is 5.15 Å². The molecule has 6 aromatic heterocycles. The number of hydrogen-bond acceptors (Lipinski definition) is 18. The van der Waals surface area contributed by atoms with Crippen molar-refractivity contribution in [2.45, 2.75) is 58.2 Å². The monoisotopic (exact) mass is 1150 g/mol. The summed E-state index contributed by atoms with van der Waals surface area (Å²) in [5.41, 5.74) is 28.5. The zero-order valence-corrected chi connectivity index (χ0v) is 45.3. The SMILES string of the molecule is CC[C@@H](Nc1nc(Cl)c(C#N)cc1F)C(N)=O.CC[C@@H](Nc1nc(Nc2ccc3ccncc3c2)c(C#N)cc1F)C(N)=O.CC[C@@H](Nc1nc(Nc2ccc3ccncc3c2)c(C(N)=O)cc1F)C(N)=O.Nc1ccc2ccncc2c1. The van der Waals surface area contributed by atoms with Crippen LogP contribution < -0.4 is 55.3 Å². The minimum absolute atomic E-state index is 0.0384. The van der Waals surface area contributed by atoms with Crippen LogP contribution in [-0.2, 0) is 14.4 Å². The van der Waals surface area contributed by atoms with Gasteiger partial charge in [0.1, 0.15) is 41.2 Å². The van der Waals surface area contributed by atoms with Gasteiger partial charge in [0, 0.05) is 70.4 Å². The molecule has 15 N–H and O–H groups in total. The Morgan fingerprint density at radius 1 is 0.506 bits per heavy atom. The number of amides is 4. The molecule has 26 heteroatoms. The van der Waals surface area contributed by atoms with E-state index in [1.807, 2.05) is 79.0 Å². The van der Waals surface area contributed by atoms with Gasteiger partial charge >= 0.3 is 0 Å². The summed E-state index contributed by atoms with van der Waals surface area (Å²) in [5.74, 6) is -5.35. The topological polar surface area (TPSA) is 383 Å². The average molecular weight is 1150 g/mol. The van der Waals surface area contributed by atoms with Crippen LogP contribution in [0, 0.1) is 40.1 Å². The molecule has 22 nitrogen and oxygen atoms in total. The van der Waals surface area contributed by atoms with Crippen molar-refractivity contribution in [3.63, 3.8) is 0 Å². The van der Waals surface area contributed by atoms with Crippen LogP contribution in [0.4, 0.5) is 59.3 Å². The van der Waals surface area contributed by atoms with Crippen molar-refractivity contribution in [2.24, 2.45) is 22.9 Å². The van der Waals surface area contributed by atoms with Crippen LogP contribution in [-0.4, -0.2) is 71.7 Å². The van der Waals surface area contributed by atoms with E-state index in [2.05, 4.69) is 56.5 Å². The predicted molar refractivity (Wildman–Crippen MR) is 312 cm³/mol. The molecule has 6 heterocycles. The number of primary amides is 4. The smallest absolute Gasteiger partial charge is 0.252 e. The highest BCUT2D eigenvalue weighted by Gasteiger charge is 2.22. The standard InChI is InChI=1S/C19H19FN6O2.C19H17FN6O.C10H10ClFN4O.C9H8N2/c1-2-15(17(22)28)25-19-14(20)8-13(16(21)27)18(26-19)24-12-4-3-10-5-6-23-9-11(10)7-12;1-2-16(17(22)27)25-19-15(20)8-12(9-21)18(26-19)24-14-4-3-11-5-6-23-10-13(11)7-14;1-2-7(9(14)17)15-10-6(12)3-5(4-13)8(11)16-10;10-9-2-1-7-3-4-11-6-8(7)5-9/h3-9,15H,2H2,1H3,(H2,21,27)(H2,22,28)(H2,24,25,26);3-8,10,16H,2H2,1H3,(H2,22,27)(H2,24,25,26);3,7H,2H2,1H3,(H2,14,17)(H,15,16);1-6H,10H2/t15-;16-;7-;/m111./s1. The number of rotatable bonds is 17. The maximum atomic E-state index is 14.4. The highest BCUT2D eigenvalue weighted by Crippen LogP contribution is 2.29. The van der Waals surface area contributed by atoms with Gasteiger partial charge in [-0.2, -0.15) is 10.5 Å². The van der Waals surface area contributed by atoms with Crippen molar-refractivity contribution in [1.29, 1.82) is 10.5 Å². The zero-order valence-electron chi connectivity index (χ0n) is 44.6. The van der Waals surface area contributed by atoms with Gasteiger partial charge < -0.3 is 55.3 Å². The maximum absolute atomic E-state index is 14.4. The van der Waals surface area contributed by atoms with E-state index in [4.69, 9.17) is 45.5 Å². The Bertz CT molecular complexity index is 3940. The van der Waals surface area contributed by atoms with E-state index in [9.17, 15) is 37.6 Å². The number of fused-ring (bicyclic) bond motifs is 3. The molecule has 3 atom stereocenters. The molecule has 0 saturated carbocycles. The van der Waals surface area contributed by atoms with Gasteiger partial charge in [-0.3, -0.25) is 34.1 Å². The van der Waals surface area contributed by atoms with E-state index in [1.54, 1.807) is 63.9 Å². The molecule has 4 amide bonds. The Kier molecular flexibility index (Phi) is 21.3. The molecule has 0 radical (unpaired) electrons. The second-order valence-electron chi connectivity index (χ2n) is 17.8. The highest BCUT2D eigenvalue weighted by atomic mass is 35.5. The second-order valence-corrected chi connectivity index (χ2v) is 18.2. The van der Waals surface area contributed by atoms with Gasteiger partial charge in [-0.25, -0.2) is 28.1 Å². The molecule has 0 bridgehead atoms. The summed E-state index contributed by atoms with van der Waals surface area (Å²) in [4.78, 5) is 69.6. The highest BCUT2D eigenvalue weighted by molar-refractivity contribution is 6.30. The molecule has 424 valence electrons. The Hall–Kier alpha value is -10.9. The Morgan fingerprint density at radius 3 is 1.31 bits per heavy atom. The maximum Gasteiger partial charge on any atom is 0.252 e. The number of nitrogen functional groups attached to an aromatic ring is 1. The van der Waals surface area contributed by atoms with E-state index in [-0.39, 0.29) is 50.9 Å². The first-order chi connectivity index (χ1) is 39.7. The lowest BCUT2D eigenvalue weighted by atomic mass is 10.1. The van der Waals surface area contributed by atoms with Crippen LogP contribution >= 0.6 is 11.6 Å². The van der Waals surface area contributed by atoms with E-state index in [0.717, 1.165) is 50.8 Å². The summed E-state index contributed by atoms with van der Waals surface area (Å²) in [5, 5.41) is 37.7. The van der Waals surface area contributed by atoms with Crippen LogP contribution in [0.3, 0.4) is 0 Å². The number of carbonyl (C=O) groups is 4. The van der Waals surface area contributed by atoms with Gasteiger partial charge in [0.2, 0.25) is 17.7 Å². The normalized spacial score (nSPS) is 11.5. The van der Waals surface area contributed by atoms with Gasteiger partial charge in [-0.15, -0.1) is 0 Å². The first kappa shape index (κ1) is 61.3. The van der Waals surface area contributed by atoms with E-state index >= 15 is 0 Å². The molecule has 0 fully saturated rings. The largest absolute Gasteiger partial charge is 0.399 e. The van der Waals surface area contributed by atoms with Crippen molar-refractivity contribution in [3.8, 4) is 12.1 Å². The number of benzene rings is 3. The fourth-order valence-corrected chi connectivity index (χ4v) is 7.79. The molecule has 9 rings (SSSR count). The second kappa shape index (κ2) is 28.8. The lowest BCUT2D eigenvalue weighted by molar-refractivity contribution is -0.119. The molecule has 3 aromatic carbocycles. The molecular weight excluding hydrogens is 1090 g/mol. The summed E-state index contributed by atoms with van der Waals surface area (Å²) in [6.45, 7) is 5.18. The zero-order chi connectivity index (χ0) is 60.3. The minimum atomic E-state index is -0.843. The average Bonchev–Trinajstić information content (AvgIpc) is 3.59. The number of nitrogens with one attached hydrogen (secondary N) is 5. The Morgan fingerprint density at radius 2 is 0.892 bits per heavy atom. The van der Waals surface area contributed by atoms with Crippen LogP contribution in [0.25, 0.3) is 32.3 Å². The fraction of sp³-hybridized carbons (Fsp3) is 0.158. The van der Waals surface area contributed by atoms with Gasteiger partial charge in [-0.05, 0) is 108 Å². The molecule has 0 unspecified atom stereocenters. The summed E-state index contributed by atoms with van der Waals surface area (Å²) >= 11 is 5.65. The van der Waals surface area contributed by atoms with Gasteiger partial charge in [0.15, 0.2) is 40.7 Å². The third-order valence-corrected chi connectivity index (χ3v) is 12.3. The number of nitrogens with two attached hydrogens (primary N) is 5. The lowest BCUT2D eigenvalue weighted by Gasteiger charge is -2.17. The van der Waals surface area contributed by atoms with Crippen molar-refractivity contribution in [3.05, 3.63) is 167 Å². The summed E-state index contributed by atoms with van der Waals surface area (Å²) in [6.07, 6.45) is 11.5. The summed E-state index contributed by atoms with van der Waals surface area (Å²) in [6, 6.07) is 26.8. The first-order valence-corrected chi connectivity index (χ1v) is 25.5. The van der Waals surface area contributed by atoms with Crippen LogP contribution in [0.5, 0.6) is 0 Å². The Labute approximate surface area is 477 Å². The number of pyridine rings is 6. The molecule has 0 saturated heterocycles. The van der Waals surface area contributed by atoms with E-state index in [1.165, 1.54) is 5.39 Å². The molecule has 0 aliphatic carbocycles. The number of nitriles is 2. The minimum Gasteiger partial charge on any atom is -0.399 e. The third kappa shape index (κ3) is 16.6. The molecule has 83 heavy (non-hydrogen) atoms. The molecule has 0 aliphatic heterocycles. The molecule has 9 aromatic rings. The first-order valence-electron chi connectivity index (χ1n) is 25.1. The number of anilines is 8. The number of nitrogens with zero attached hydrogens (tertiary/aromatic N) is 8. The summed E-state index contributed by atoms with van der Waals surface area (Å²) < 4.78 is 42.1. The van der Waals surface area contributed by atoms with Crippen LogP contribution in [0.15, 0.2) is 128 Å². The van der Waals surface area contributed by atoms with Gasteiger partial charge in [0.05, 0.1) is 16.7 Å². The number of halogens is 4. The third-order valence-electron chi connectivity index (χ3n) is 12.0. The lowest BCUT2D eigenvalue weighted by Crippen LogP contribution is -2.35. The quantitative estimate of drug-likeness (QED) is 0.0301. The molecular formula is C57H54ClF3N18O4. The van der Waals surface area contributed by atoms with Crippen molar-refractivity contribution >= 4 is 114 Å². The van der Waals surface area contributed by atoms with Crippen LogP contribution in [0.1, 0.15) is 61.5 Å². The van der Waals surface area contributed by atoms with E-state index < -0.39 is 59.2 Å². The van der Waals surface area contributed by atoms with E-state index in [0.29, 0.717) is 30.6 Å². The number of carbonyl (C=O) groups excluding carboxylic acids is 4. The number of aromatic nitrogens is 6. The molecule has 0 aliphatic rings. The number of hydrogen-bond donors (Lipinski definition) is 10. The summed E-state index contributed by atoms with van der Waals surface area (Å²) in [7, 11) is 0. The fourth-order valence-electron chi connectivity index (χ4n) is 7.61.